The predicted molar refractivity (Wildman–Crippen MR) is 109 cm³/mol. The maximum Gasteiger partial charge on any atom is 0.144 e. The number of benzene rings is 2. The molecule has 6 heteroatoms. The smallest absolute Gasteiger partial charge is 0.144 e. The highest BCUT2D eigenvalue weighted by atomic mass is 35.5. The van der Waals surface area contributed by atoms with Gasteiger partial charge in [-0.2, -0.15) is 0 Å². The number of hydrogen-bond acceptors (Lipinski definition) is 4. The summed E-state index contributed by atoms with van der Waals surface area (Å²) in [6.45, 7) is 6.74. The second kappa shape index (κ2) is 8.40. The van der Waals surface area contributed by atoms with E-state index in [-0.39, 0.29) is 24.6 Å². The van der Waals surface area contributed by atoms with Crippen molar-refractivity contribution in [1.29, 1.82) is 0 Å². The summed E-state index contributed by atoms with van der Waals surface area (Å²) in [5, 5.41) is 18.2. The fourth-order valence-corrected chi connectivity index (χ4v) is 2.96. The topological polar surface area (TPSA) is 53.8 Å². The van der Waals surface area contributed by atoms with Crippen LogP contribution >= 0.6 is 24.0 Å². The van der Waals surface area contributed by atoms with E-state index in [0.29, 0.717) is 11.6 Å². The van der Waals surface area contributed by atoms with E-state index in [1.165, 1.54) is 0 Å². The molecule has 0 bridgehead atoms. The van der Waals surface area contributed by atoms with Crippen LogP contribution in [-0.2, 0) is 4.84 Å². The molecule has 2 N–H and O–H groups in total. The normalized spacial score (nSPS) is 15.2. The Kier molecular flexibility index (Phi) is 6.69. The summed E-state index contributed by atoms with van der Waals surface area (Å²) in [7, 11) is 0. The van der Waals surface area contributed by atoms with Crippen molar-refractivity contribution in [3.05, 3.63) is 58.6 Å². The molecule has 140 valence electrons. The summed E-state index contributed by atoms with van der Waals surface area (Å²) in [4.78, 5) is 5.45. The fraction of sp³-hybridized carbons (Fsp3) is 0.350. The SMILES string of the molecule is CC(C)(C)NCC(O)CO/N=C1/c2ccccc2-c2ccc(Cl)cc21.Cl. The van der Waals surface area contributed by atoms with Gasteiger partial charge in [-0.25, -0.2) is 0 Å². The summed E-state index contributed by atoms with van der Waals surface area (Å²) in [5.41, 5.74) is 4.89. The standard InChI is InChI=1S/C20H23ClN2O2.ClH/c1-20(2,3)22-11-14(24)12-25-23-19-17-7-5-4-6-15(17)16-9-8-13(21)10-18(16)19;/h4-10,14,22,24H,11-12H2,1-3H3;1H/b23-19-;. The number of rotatable bonds is 5. The summed E-state index contributed by atoms with van der Waals surface area (Å²) in [5.74, 6) is 0. The van der Waals surface area contributed by atoms with Gasteiger partial charge in [0.25, 0.3) is 0 Å². The molecule has 4 nitrogen and oxygen atoms in total. The zero-order valence-corrected chi connectivity index (χ0v) is 16.7. The number of aliphatic hydroxyl groups excluding tert-OH is 1. The van der Waals surface area contributed by atoms with Gasteiger partial charge in [0.1, 0.15) is 18.4 Å². The molecule has 0 aliphatic heterocycles. The Balaban J connectivity index is 0.00000243. The van der Waals surface area contributed by atoms with E-state index in [2.05, 4.69) is 37.3 Å². The minimum absolute atomic E-state index is 0. The molecule has 1 unspecified atom stereocenters. The van der Waals surface area contributed by atoms with Gasteiger partial charge >= 0.3 is 0 Å². The van der Waals surface area contributed by atoms with Crippen LogP contribution in [0.2, 0.25) is 5.02 Å². The monoisotopic (exact) mass is 394 g/mol. The van der Waals surface area contributed by atoms with Gasteiger partial charge in [-0.3, -0.25) is 0 Å². The van der Waals surface area contributed by atoms with Crippen LogP contribution in [0, 0.1) is 0 Å². The van der Waals surface area contributed by atoms with Crippen LogP contribution in [0.15, 0.2) is 47.6 Å². The van der Waals surface area contributed by atoms with Gasteiger partial charge in [-0.1, -0.05) is 47.1 Å². The molecule has 1 aliphatic carbocycles. The molecule has 0 aromatic heterocycles. The third-order valence-corrected chi connectivity index (χ3v) is 4.23. The number of hydrogen-bond donors (Lipinski definition) is 2. The van der Waals surface area contributed by atoms with Gasteiger partial charge in [0.05, 0.1) is 0 Å². The van der Waals surface area contributed by atoms with Gasteiger partial charge in [0.2, 0.25) is 0 Å². The number of nitrogens with one attached hydrogen (secondary N) is 1. The van der Waals surface area contributed by atoms with Crippen molar-refractivity contribution >= 4 is 29.7 Å². The summed E-state index contributed by atoms with van der Waals surface area (Å²) < 4.78 is 0. The number of β-amino-alcohol motifs (C(OH)–C–C–N with tert-alkyl or cyclic N) is 1. The minimum Gasteiger partial charge on any atom is -0.392 e. The lowest BCUT2D eigenvalue weighted by molar-refractivity contribution is 0.0374. The van der Waals surface area contributed by atoms with Crippen molar-refractivity contribution in [3.8, 4) is 11.1 Å². The van der Waals surface area contributed by atoms with Gasteiger partial charge < -0.3 is 15.3 Å². The first-order valence-electron chi connectivity index (χ1n) is 8.38. The molecule has 1 atom stereocenters. The zero-order chi connectivity index (χ0) is 18.0. The highest BCUT2D eigenvalue weighted by Gasteiger charge is 2.25. The van der Waals surface area contributed by atoms with Gasteiger partial charge in [-0.15, -0.1) is 12.4 Å². The minimum atomic E-state index is -0.626. The zero-order valence-electron chi connectivity index (χ0n) is 15.1. The van der Waals surface area contributed by atoms with Gasteiger partial charge in [0.15, 0.2) is 0 Å². The third-order valence-electron chi connectivity index (χ3n) is 4.00. The molecular formula is C20H24Cl2N2O2. The van der Waals surface area contributed by atoms with E-state index >= 15 is 0 Å². The lowest BCUT2D eigenvalue weighted by atomic mass is 10.1. The Morgan fingerprint density at radius 1 is 1.08 bits per heavy atom. The first kappa shape index (κ1) is 20.7. The van der Waals surface area contributed by atoms with E-state index in [0.717, 1.165) is 28.0 Å². The van der Waals surface area contributed by atoms with Crippen molar-refractivity contribution < 1.29 is 9.94 Å². The summed E-state index contributed by atoms with van der Waals surface area (Å²) in [6, 6.07) is 13.8. The van der Waals surface area contributed by atoms with E-state index in [1.54, 1.807) is 0 Å². The number of halogens is 2. The van der Waals surface area contributed by atoms with Crippen LogP contribution < -0.4 is 5.32 Å². The van der Waals surface area contributed by atoms with Crippen LogP contribution in [0.1, 0.15) is 31.9 Å². The van der Waals surface area contributed by atoms with Gasteiger partial charge in [0, 0.05) is 28.2 Å². The van der Waals surface area contributed by atoms with E-state index in [4.69, 9.17) is 16.4 Å². The maximum atomic E-state index is 10.0. The van der Waals surface area contributed by atoms with Crippen LogP contribution in [0.4, 0.5) is 0 Å². The molecule has 0 fully saturated rings. The molecule has 26 heavy (non-hydrogen) atoms. The summed E-state index contributed by atoms with van der Waals surface area (Å²) in [6.07, 6.45) is -0.626. The Bertz CT molecular complexity index is 801. The van der Waals surface area contributed by atoms with Crippen molar-refractivity contribution in [2.45, 2.75) is 32.4 Å². The van der Waals surface area contributed by atoms with Crippen molar-refractivity contribution in [2.75, 3.05) is 13.2 Å². The Hall–Kier alpha value is -1.59. The quantitative estimate of drug-likeness (QED) is 0.635. The first-order valence-corrected chi connectivity index (χ1v) is 8.76. The third kappa shape index (κ3) is 4.77. The summed E-state index contributed by atoms with van der Waals surface area (Å²) >= 11 is 6.16. The number of fused-ring (bicyclic) bond motifs is 3. The van der Waals surface area contributed by atoms with Gasteiger partial charge in [-0.05, 0) is 44.0 Å². The van der Waals surface area contributed by atoms with Crippen molar-refractivity contribution in [2.24, 2.45) is 5.16 Å². The average Bonchev–Trinajstić information content (AvgIpc) is 2.86. The molecule has 3 rings (SSSR count). The van der Waals surface area contributed by atoms with Crippen LogP contribution in [0.3, 0.4) is 0 Å². The van der Waals surface area contributed by atoms with Crippen molar-refractivity contribution in [3.63, 3.8) is 0 Å². The Morgan fingerprint density at radius 2 is 1.73 bits per heavy atom. The van der Waals surface area contributed by atoms with E-state index in [1.807, 2.05) is 36.4 Å². The Labute approximate surface area is 165 Å². The molecule has 0 heterocycles. The molecule has 2 aromatic carbocycles. The molecule has 0 saturated carbocycles. The van der Waals surface area contributed by atoms with E-state index < -0.39 is 6.10 Å². The highest BCUT2D eigenvalue weighted by Crippen LogP contribution is 2.38. The molecular weight excluding hydrogens is 371 g/mol. The Morgan fingerprint density at radius 3 is 2.42 bits per heavy atom. The molecule has 2 aromatic rings. The molecule has 0 radical (unpaired) electrons. The van der Waals surface area contributed by atoms with Crippen molar-refractivity contribution in [1.82, 2.24) is 5.32 Å². The first-order chi connectivity index (χ1) is 11.8. The molecule has 0 amide bonds. The van der Waals surface area contributed by atoms with Crippen LogP contribution in [-0.4, -0.2) is 35.6 Å². The number of aliphatic hydroxyl groups is 1. The highest BCUT2D eigenvalue weighted by molar-refractivity contribution is 6.32. The second-order valence-electron chi connectivity index (χ2n) is 7.26. The predicted octanol–water partition coefficient (Wildman–Crippen LogP) is 4.26. The lowest BCUT2D eigenvalue weighted by Gasteiger charge is -2.22. The van der Waals surface area contributed by atoms with E-state index in [9.17, 15) is 5.11 Å². The fourth-order valence-electron chi connectivity index (χ4n) is 2.79. The molecule has 0 saturated heterocycles. The number of nitrogens with zero attached hydrogens (tertiary/aromatic N) is 1. The van der Waals surface area contributed by atoms with Crippen LogP contribution in [0.25, 0.3) is 11.1 Å². The molecule has 1 aliphatic rings. The second-order valence-corrected chi connectivity index (χ2v) is 7.69. The average molecular weight is 395 g/mol. The largest absolute Gasteiger partial charge is 0.392 e. The lowest BCUT2D eigenvalue weighted by Crippen LogP contribution is -2.42. The van der Waals surface area contributed by atoms with Crippen LogP contribution in [0.5, 0.6) is 0 Å². The molecule has 0 spiro atoms. The maximum absolute atomic E-state index is 10.0. The number of oxime groups is 1.